The summed E-state index contributed by atoms with van der Waals surface area (Å²) in [5.74, 6) is -5.28. The molecule has 4 aliphatic rings. The molecule has 43 heavy (non-hydrogen) atoms. The molecule has 1 N–H and O–H groups in total. The zero-order chi connectivity index (χ0) is 31.2. The van der Waals surface area contributed by atoms with Gasteiger partial charge in [-0.25, -0.2) is 13.2 Å². The summed E-state index contributed by atoms with van der Waals surface area (Å²) < 4.78 is 90.1. The number of hydrogen-bond donors (Lipinski definition) is 1. The van der Waals surface area contributed by atoms with Crippen molar-refractivity contribution in [2.75, 3.05) is 51.3 Å². The number of carboxylic acid groups (broad SMARTS) is 1. The van der Waals surface area contributed by atoms with Gasteiger partial charge in [-0.15, -0.1) is 0 Å². The van der Waals surface area contributed by atoms with Crippen molar-refractivity contribution in [1.82, 2.24) is 9.80 Å². The molecule has 0 unspecified atom stereocenters. The van der Waals surface area contributed by atoms with Crippen molar-refractivity contribution in [3.63, 3.8) is 0 Å². The minimum absolute atomic E-state index is 0.0519. The second-order valence-corrected chi connectivity index (χ2v) is 12.6. The summed E-state index contributed by atoms with van der Waals surface area (Å²) in [7, 11) is 1.47. The number of alkyl halides is 6. The maximum absolute atomic E-state index is 16.3. The van der Waals surface area contributed by atoms with E-state index < -0.39 is 47.2 Å². The van der Waals surface area contributed by atoms with Gasteiger partial charge in [0.2, 0.25) is 11.6 Å². The predicted molar refractivity (Wildman–Crippen MR) is 146 cm³/mol. The molecule has 4 fully saturated rings. The van der Waals surface area contributed by atoms with E-state index in [1.807, 2.05) is 0 Å². The Hall–Kier alpha value is -2.54. The van der Waals surface area contributed by atoms with Crippen molar-refractivity contribution in [3.05, 3.63) is 29.3 Å². The van der Waals surface area contributed by atoms with Crippen LogP contribution in [0.2, 0.25) is 0 Å². The van der Waals surface area contributed by atoms with Crippen LogP contribution in [0.5, 0.6) is 0 Å². The number of hydrogen-bond acceptors (Lipinski definition) is 5. The molecule has 240 valence electrons. The smallest absolute Gasteiger partial charge is 0.416 e. The Morgan fingerprint density at radius 3 is 2.30 bits per heavy atom. The molecular weight excluding hydrogens is 580 g/mol. The Morgan fingerprint density at radius 2 is 1.70 bits per heavy atom. The molecule has 0 bridgehead atoms. The molecule has 1 aromatic rings. The molecule has 1 amide bonds. The summed E-state index contributed by atoms with van der Waals surface area (Å²) >= 11 is 0. The molecule has 3 saturated heterocycles. The molecule has 3 atom stereocenters. The number of amides is 1. The zero-order valence-corrected chi connectivity index (χ0v) is 24.2. The van der Waals surface area contributed by atoms with Gasteiger partial charge in [0, 0.05) is 76.7 Å². The molecule has 1 aliphatic carbocycles. The maximum Gasteiger partial charge on any atom is 0.416 e. The number of rotatable bonds is 7. The number of carbonyl (C=O) groups is 2. The van der Waals surface area contributed by atoms with Crippen LogP contribution in [0.15, 0.2) is 18.2 Å². The molecule has 3 heterocycles. The maximum atomic E-state index is 16.3. The van der Waals surface area contributed by atoms with E-state index in [1.165, 1.54) is 18.1 Å². The van der Waals surface area contributed by atoms with Crippen molar-refractivity contribution >= 4 is 17.6 Å². The van der Waals surface area contributed by atoms with Gasteiger partial charge in [0.15, 0.2) is 0 Å². The van der Waals surface area contributed by atoms with Gasteiger partial charge in [0.05, 0.1) is 24.1 Å². The van der Waals surface area contributed by atoms with E-state index >= 15 is 4.39 Å². The van der Waals surface area contributed by atoms with E-state index in [9.17, 15) is 36.6 Å². The molecule has 0 spiro atoms. The molecular formula is C30H39F6N3O4. The molecule has 3 aliphatic heterocycles. The van der Waals surface area contributed by atoms with Gasteiger partial charge in [0.25, 0.3) is 5.91 Å². The third-order valence-electron chi connectivity index (χ3n) is 9.85. The third kappa shape index (κ3) is 6.77. The Morgan fingerprint density at radius 1 is 1.02 bits per heavy atom. The molecule has 1 saturated carbocycles. The summed E-state index contributed by atoms with van der Waals surface area (Å²) in [6, 6.07) is 2.82. The lowest BCUT2D eigenvalue weighted by Gasteiger charge is -2.35. The monoisotopic (exact) mass is 619 g/mol. The quantitative estimate of drug-likeness (QED) is 0.417. The Bertz CT molecular complexity index is 1180. The predicted octanol–water partition coefficient (Wildman–Crippen LogP) is 5.33. The van der Waals surface area contributed by atoms with Crippen LogP contribution in [-0.4, -0.2) is 96.9 Å². The molecule has 0 radical (unpaired) electrons. The second-order valence-electron chi connectivity index (χ2n) is 12.6. The zero-order valence-electron chi connectivity index (χ0n) is 24.2. The number of nitrogens with zero attached hydrogens (tertiary/aromatic N) is 3. The van der Waals surface area contributed by atoms with Gasteiger partial charge in [-0.05, 0) is 49.8 Å². The van der Waals surface area contributed by atoms with Crippen LogP contribution in [0.25, 0.3) is 0 Å². The van der Waals surface area contributed by atoms with E-state index in [-0.39, 0.29) is 76.8 Å². The van der Waals surface area contributed by atoms with Crippen LogP contribution in [-0.2, 0) is 20.5 Å². The normalized spacial score (nSPS) is 29.4. The minimum Gasteiger partial charge on any atom is -0.481 e. The minimum atomic E-state index is -4.58. The fourth-order valence-corrected chi connectivity index (χ4v) is 7.38. The highest BCUT2D eigenvalue weighted by Crippen LogP contribution is 2.44. The number of carbonyl (C=O) groups excluding carboxylic acids is 1. The number of piperidine rings is 1. The van der Waals surface area contributed by atoms with Crippen molar-refractivity contribution < 1.29 is 45.8 Å². The number of anilines is 1. The van der Waals surface area contributed by atoms with Crippen molar-refractivity contribution in [2.45, 2.75) is 87.1 Å². The summed E-state index contributed by atoms with van der Waals surface area (Å²) in [5.41, 5.74) is -2.06. The van der Waals surface area contributed by atoms with Crippen LogP contribution < -0.4 is 4.90 Å². The highest BCUT2D eigenvalue weighted by molar-refractivity contribution is 5.86. The summed E-state index contributed by atoms with van der Waals surface area (Å²) in [4.78, 5) is 30.2. The highest BCUT2D eigenvalue weighted by Gasteiger charge is 2.52. The lowest BCUT2D eigenvalue weighted by atomic mass is 9.91. The van der Waals surface area contributed by atoms with Gasteiger partial charge in [-0.1, -0.05) is 6.07 Å². The molecule has 7 nitrogen and oxygen atoms in total. The lowest BCUT2D eigenvalue weighted by Crippen LogP contribution is -2.51. The van der Waals surface area contributed by atoms with Crippen LogP contribution >= 0.6 is 0 Å². The number of methoxy groups -OCH3 is 1. The molecule has 0 aromatic heterocycles. The number of halogens is 6. The van der Waals surface area contributed by atoms with Crippen molar-refractivity contribution in [3.8, 4) is 0 Å². The Labute approximate surface area is 247 Å². The third-order valence-corrected chi connectivity index (χ3v) is 9.85. The van der Waals surface area contributed by atoms with E-state index in [4.69, 9.17) is 4.74 Å². The van der Waals surface area contributed by atoms with Crippen LogP contribution in [0.1, 0.15) is 68.4 Å². The van der Waals surface area contributed by atoms with Crippen LogP contribution in [0.4, 0.5) is 32.0 Å². The summed E-state index contributed by atoms with van der Waals surface area (Å²) in [5, 5.41) is 9.38. The van der Waals surface area contributed by atoms with E-state index in [0.717, 1.165) is 12.1 Å². The van der Waals surface area contributed by atoms with Gasteiger partial charge in [0.1, 0.15) is 0 Å². The second kappa shape index (κ2) is 12.1. The number of ether oxygens (including phenoxy) is 1. The van der Waals surface area contributed by atoms with Crippen molar-refractivity contribution in [1.29, 1.82) is 0 Å². The first-order chi connectivity index (χ1) is 20.2. The molecule has 1 aromatic carbocycles. The first kappa shape index (κ1) is 31.9. The van der Waals surface area contributed by atoms with E-state index in [2.05, 4.69) is 0 Å². The van der Waals surface area contributed by atoms with Crippen LogP contribution in [0.3, 0.4) is 0 Å². The average molecular weight is 620 g/mol. The number of likely N-dealkylation sites (tertiary alicyclic amines) is 2. The van der Waals surface area contributed by atoms with Gasteiger partial charge < -0.3 is 19.6 Å². The number of aliphatic carboxylic acids is 1. The number of carboxylic acids is 1. The van der Waals surface area contributed by atoms with Gasteiger partial charge in [-0.3, -0.25) is 14.5 Å². The van der Waals surface area contributed by atoms with Gasteiger partial charge in [-0.2, -0.15) is 13.2 Å². The first-order valence-electron chi connectivity index (χ1n) is 15.0. The summed E-state index contributed by atoms with van der Waals surface area (Å²) in [6.07, 6.45) is -3.69. The van der Waals surface area contributed by atoms with E-state index in [0.29, 0.717) is 37.1 Å². The average Bonchev–Trinajstić information content (AvgIpc) is 3.56. The largest absolute Gasteiger partial charge is 0.481 e. The topological polar surface area (TPSA) is 73.3 Å². The summed E-state index contributed by atoms with van der Waals surface area (Å²) in [6.45, 7) is 0.891. The molecule has 13 heteroatoms. The Balaban J connectivity index is 1.35. The molecule has 5 rings (SSSR count). The highest BCUT2D eigenvalue weighted by atomic mass is 19.4. The standard InChI is InChI=1S/C30H39F6N3O4/c1-43-17-23-14-20(16-39(23)27(42)28(31)10-13-38(18-28)22-4-8-29(32,33)9-5-22)24-3-2-21(30(34,35)36)15-25(24)37-11-6-19(7-12-37)26(40)41/h2-3,15,19-20,22-23H,4-14,16-18H2,1H3,(H,40,41)/t20-,23+,28-/m1/s1. The first-order valence-corrected chi connectivity index (χ1v) is 15.0. The fourth-order valence-electron chi connectivity index (χ4n) is 7.38. The van der Waals surface area contributed by atoms with Crippen molar-refractivity contribution in [2.24, 2.45) is 5.92 Å². The number of benzene rings is 1. The van der Waals surface area contributed by atoms with Gasteiger partial charge >= 0.3 is 12.1 Å². The lowest BCUT2D eigenvalue weighted by molar-refractivity contribution is -0.145. The Kier molecular flexibility index (Phi) is 8.97. The fraction of sp³-hybridized carbons (Fsp3) is 0.733. The SMILES string of the molecule is COC[C@@H]1C[C@@H](c2ccc(C(F)(F)F)cc2N2CCC(C(=O)O)CC2)CN1C(=O)[C@@]1(F)CCN(C2CCC(F)(F)CC2)C1. The van der Waals surface area contributed by atoms with E-state index in [1.54, 1.807) is 9.80 Å². The van der Waals surface area contributed by atoms with Crippen LogP contribution in [0, 0.1) is 5.92 Å².